The minimum atomic E-state index is 0.624. The Balaban J connectivity index is 1.99. The maximum Gasteiger partial charge on any atom is 0.142 e. The molecule has 0 aliphatic heterocycles. The number of nitrogen functional groups attached to an aromatic ring is 1. The van der Waals surface area contributed by atoms with Gasteiger partial charge in [-0.25, -0.2) is 0 Å². The number of hydrogen-bond donors (Lipinski definition) is 1. The molecule has 0 spiro atoms. The molecule has 0 unspecified atom stereocenters. The van der Waals surface area contributed by atoms with Crippen molar-refractivity contribution in [3.05, 3.63) is 24.3 Å². The van der Waals surface area contributed by atoms with Crippen LogP contribution < -0.4 is 10.5 Å². The van der Waals surface area contributed by atoms with E-state index < -0.39 is 0 Å². The van der Waals surface area contributed by atoms with Crippen LogP contribution in [0.4, 0.5) is 5.69 Å². The molecular formula is C13H21NO3. The average Bonchev–Trinajstić information content (AvgIpc) is 2.35. The van der Waals surface area contributed by atoms with Gasteiger partial charge in [0.05, 0.1) is 12.3 Å². The van der Waals surface area contributed by atoms with Gasteiger partial charge in [0.2, 0.25) is 0 Å². The van der Waals surface area contributed by atoms with Crippen LogP contribution in [0.1, 0.15) is 12.8 Å². The van der Waals surface area contributed by atoms with Gasteiger partial charge in [0.25, 0.3) is 0 Å². The van der Waals surface area contributed by atoms with Crippen LogP contribution in [0.2, 0.25) is 0 Å². The molecule has 0 heterocycles. The van der Waals surface area contributed by atoms with Crippen LogP contribution in [0.3, 0.4) is 0 Å². The van der Waals surface area contributed by atoms with Crippen molar-refractivity contribution >= 4 is 5.69 Å². The summed E-state index contributed by atoms with van der Waals surface area (Å²) < 4.78 is 15.9. The summed E-state index contributed by atoms with van der Waals surface area (Å²) in [7, 11) is 1.69. The lowest BCUT2D eigenvalue weighted by Gasteiger charge is -2.08. The van der Waals surface area contributed by atoms with Crippen molar-refractivity contribution in [1.29, 1.82) is 0 Å². The van der Waals surface area contributed by atoms with Gasteiger partial charge in [0.15, 0.2) is 0 Å². The van der Waals surface area contributed by atoms with Crippen LogP contribution in [0, 0.1) is 0 Å². The Kier molecular flexibility index (Phi) is 7.18. The fraction of sp³-hybridized carbons (Fsp3) is 0.538. The second-order valence-corrected chi connectivity index (χ2v) is 3.70. The Morgan fingerprint density at radius 3 is 2.41 bits per heavy atom. The van der Waals surface area contributed by atoms with Gasteiger partial charge in [-0.15, -0.1) is 0 Å². The number of nitrogens with two attached hydrogens (primary N) is 1. The van der Waals surface area contributed by atoms with Crippen molar-refractivity contribution in [2.24, 2.45) is 0 Å². The molecule has 17 heavy (non-hydrogen) atoms. The molecule has 1 aromatic carbocycles. The minimum Gasteiger partial charge on any atom is -0.491 e. The lowest BCUT2D eigenvalue weighted by Crippen LogP contribution is -2.06. The molecule has 0 radical (unpaired) electrons. The molecule has 96 valence electrons. The van der Waals surface area contributed by atoms with E-state index in [4.69, 9.17) is 19.9 Å². The predicted octanol–water partition coefficient (Wildman–Crippen LogP) is 2.09. The Morgan fingerprint density at radius 2 is 1.71 bits per heavy atom. The Labute approximate surface area is 103 Å². The number of methoxy groups -OCH3 is 1. The molecule has 0 atom stereocenters. The Bertz CT molecular complexity index is 304. The molecule has 0 amide bonds. The van der Waals surface area contributed by atoms with Gasteiger partial charge >= 0.3 is 0 Å². The molecule has 1 rings (SSSR count). The smallest absolute Gasteiger partial charge is 0.142 e. The molecule has 0 saturated carbocycles. The third-order valence-electron chi connectivity index (χ3n) is 2.25. The number of para-hydroxylation sites is 2. The molecule has 2 N–H and O–H groups in total. The van der Waals surface area contributed by atoms with Gasteiger partial charge < -0.3 is 19.9 Å². The van der Waals surface area contributed by atoms with Crippen LogP contribution >= 0.6 is 0 Å². The number of hydrogen-bond acceptors (Lipinski definition) is 4. The van der Waals surface area contributed by atoms with Gasteiger partial charge in [0, 0.05) is 33.4 Å². The molecule has 1 aromatic rings. The zero-order valence-corrected chi connectivity index (χ0v) is 10.4. The number of anilines is 1. The van der Waals surface area contributed by atoms with Crippen molar-refractivity contribution in [2.45, 2.75) is 12.8 Å². The highest BCUT2D eigenvalue weighted by molar-refractivity contribution is 5.51. The summed E-state index contributed by atoms with van der Waals surface area (Å²) in [5, 5.41) is 0. The summed E-state index contributed by atoms with van der Waals surface area (Å²) in [6, 6.07) is 7.50. The number of ether oxygens (including phenoxy) is 3. The van der Waals surface area contributed by atoms with Crippen LogP contribution in [0.25, 0.3) is 0 Å². The second-order valence-electron chi connectivity index (χ2n) is 3.70. The van der Waals surface area contributed by atoms with E-state index in [9.17, 15) is 0 Å². The quantitative estimate of drug-likeness (QED) is 0.529. The first-order valence-corrected chi connectivity index (χ1v) is 5.88. The molecule has 0 bridgehead atoms. The molecule has 4 nitrogen and oxygen atoms in total. The third kappa shape index (κ3) is 6.14. The largest absolute Gasteiger partial charge is 0.491 e. The van der Waals surface area contributed by atoms with Gasteiger partial charge in [-0.1, -0.05) is 12.1 Å². The number of rotatable bonds is 9. The monoisotopic (exact) mass is 239 g/mol. The molecule has 0 saturated heterocycles. The molecule has 0 aromatic heterocycles. The van der Waals surface area contributed by atoms with Gasteiger partial charge in [0.1, 0.15) is 5.75 Å². The van der Waals surface area contributed by atoms with E-state index in [2.05, 4.69) is 0 Å². The van der Waals surface area contributed by atoms with Gasteiger partial charge in [-0.05, 0) is 18.6 Å². The second kappa shape index (κ2) is 8.84. The first-order chi connectivity index (χ1) is 8.34. The van der Waals surface area contributed by atoms with E-state index >= 15 is 0 Å². The Hall–Kier alpha value is -1.26. The van der Waals surface area contributed by atoms with Crippen molar-refractivity contribution in [2.75, 3.05) is 39.3 Å². The van der Waals surface area contributed by atoms with E-state index in [0.717, 1.165) is 31.8 Å². The predicted molar refractivity (Wildman–Crippen MR) is 68.3 cm³/mol. The molecule has 0 aliphatic rings. The van der Waals surface area contributed by atoms with E-state index in [-0.39, 0.29) is 0 Å². The van der Waals surface area contributed by atoms with Crippen LogP contribution in [-0.4, -0.2) is 33.5 Å². The standard InChI is InChI=1S/C13H21NO3/c1-15-8-4-9-16-10-5-11-17-13-7-3-2-6-12(13)14/h2-3,6-7H,4-5,8-11,14H2,1H3. The van der Waals surface area contributed by atoms with Crippen molar-refractivity contribution in [3.8, 4) is 5.75 Å². The normalized spacial score (nSPS) is 10.4. The SMILES string of the molecule is COCCCOCCCOc1ccccc1N. The first kappa shape index (κ1) is 13.8. The minimum absolute atomic E-state index is 0.624. The van der Waals surface area contributed by atoms with Crippen LogP contribution in [-0.2, 0) is 9.47 Å². The fourth-order valence-electron chi connectivity index (χ4n) is 1.36. The summed E-state index contributed by atoms with van der Waals surface area (Å²) in [4.78, 5) is 0. The molecule has 4 heteroatoms. The zero-order chi connectivity index (χ0) is 12.3. The summed E-state index contributed by atoms with van der Waals surface area (Å²) in [5.74, 6) is 0.742. The summed E-state index contributed by atoms with van der Waals surface area (Å²) in [5.41, 5.74) is 6.42. The topological polar surface area (TPSA) is 53.7 Å². The van der Waals surface area contributed by atoms with Crippen LogP contribution in [0.5, 0.6) is 5.75 Å². The Morgan fingerprint density at radius 1 is 1.00 bits per heavy atom. The highest BCUT2D eigenvalue weighted by Crippen LogP contribution is 2.19. The van der Waals surface area contributed by atoms with Crippen molar-refractivity contribution in [3.63, 3.8) is 0 Å². The molecule has 0 aliphatic carbocycles. The molecule has 0 fully saturated rings. The maximum atomic E-state index is 5.75. The van der Waals surface area contributed by atoms with Crippen molar-refractivity contribution < 1.29 is 14.2 Å². The highest BCUT2D eigenvalue weighted by Gasteiger charge is 1.97. The van der Waals surface area contributed by atoms with E-state index in [1.165, 1.54) is 0 Å². The van der Waals surface area contributed by atoms with E-state index in [1.807, 2.05) is 24.3 Å². The lowest BCUT2D eigenvalue weighted by molar-refractivity contribution is 0.0941. The fourth-order valence-corrected chi connectivity index (χ4v) is 1.36. The first-order valence-electron chi connectivity index (χ1n) is 5.88. The van der Waals surface area contributed by atoms with Gasteiger partial charge in [-0.3, -0.25) is 0 Å². The summed E-state index contributed by atoms with van der Waals surface area (Å²) in [6.07, 6.45) is 1.80. The number of benzene rings is 1. The van der Waals surface area contributed by atoms with Crippen LogP contribution in [0.15, 0.2) is 24.3 Å². The van der Waals surface area contributed by atoms with E-state index in [0.29, 0.717) is 18.9 Å². The zero-order valence-electron chi connectivity index (χ0n) is 10.4. The van der Waals surface area contributed by atoms with Gasteiger partial charge in [-0.2, -0.15) is 0 Å². The lowest BCUT2D eigenvalue weighted by atomic mass is 10.3. The highest BCUT2D eigenvalue weighted by atomic mass is 16.5. The molecular weight excluding hydrogens is 218 g/mol. The summed E-state index contributed by atoms with van der Waals surface area (Å²) in [6.45, 7) is 2.81. The maximum absolute atomic E-state index is 5.75. The summed E-state index contributed by atoms with van der Waals surface area (Å²) >= 11 is 0. The average molecular weight is 239 g/mol. The third-order valence-corrected chi connectivity index (χ3v) is 2.25. The van der Waals surface area contributed by atoms with E-state index in [1.54, 1.807) is 7.11 Å². The van der Waals surface area contributed by atoms with Crippen molar-refractivity contribution in [1.82, 2.24) is 0 Å².